The molecule has 1 unspecified atom stereocenters. The van der Waals surface area contributed by atoms with Gasteiger partial charge in [-0.25, -0.2) is 0 Å². The van der Waals surface area contributed by atoms with E-state index in [0.29, 0.717) is 0 Å². The zero-order valence-corrected chi connectivity index (χ0v) is 9.79. The molecule has 0 spiro atoms. The van der Waals surface area contributed by atoms with Gasteiger partial charge in [0, 0.05) is 12.7 Å². The molecule has 3 nitrogen and oxygen atoms in total. The van der Waals surface area contributed by atoms with Crippen molar-refractivity contribution in [3.8, 4) is 5.75 Å². The molecule has 0 saturated carbocycles. The van der Waals surface area contributed by atoms with Crippen molar-refractivity contribution in [1.29, 1.82) is 0 Å². The summed E-state index contributed by atoms with van der Waals surface area (Å²) in [6.07, 6.45) is 0.240. The number of nitrogen functional groups attached to an aromatic ring is 1. The van der Waals surface area contributed by atoms with Crippen LogP contribution in [0.3, 0.4) is 0 Å². The maximum atomic E-state index is 5.96. The second-order valence-electron chi connectivity index (χ2n) is 4.39. The first-order valence-corrected chi connectivity index (χ1v) is 5.28. The summed E-state index contributed by atoms with van der Waals surface area (Å²) in [4.78, 5) is 2.22. The molecule has 0 aliphatic carbocycles. The van der Waals surface area contributed by atoms with Gasteiger partial charge in [-0.15, -0.1) is 0 Å². The SMILES string of the molecule is Cc1cc(N)c(C)c2c1OC(C)CN2C. The van der Waals surface area contributed by atoms with Gasteiger partial charge in [0.05, 0.1) is 12.2 Å². The van der Waals surface area contributed by atoms with E-state index in [9.17, 15) is 0 Å². The van der Waals surface area contributed by atoms with Gasteiger partial charge in [0.2, 0.25) is 0 Å². The first-order chi connectivity index (χ1) is 7.00. The van der Waals surface area contributed by atoms with E-state index in [4.69, 9.17) is 10.5 Å². The smallest absolute Gasteiger partial charge is 0.146 e. The Kier molecular flexibility index (Phi) is 2.25. The fourth-order valence-corrected chi connectivity index (χ4v) is 2.22. The Bertz CT molecular complexity index is 401. The van der Waals surface area contributed by atoms with E-state index in [1.807, 2.05) is 19.9 Å². The van der Waals surface area contributed by atoms with Gasteiger partial charge in [0.15, 0.2) is 0 Å². The molecule has 0 saturated heterocycles. The molecule has 1 aromatic carbocycles. The molecule has 3 heteroatoms. The first kappa shape index (κ1) is 10.1. The van der Waals surface area contributed by atoms with E-state index in [1.54, 1.807) is 0 Å². The molecule has 2 N–H and O–H groups in total. The maximum absolute atomic E-state index is 5.96. The minimum absolute atomic E-state index is 0.240. The van der Waals surface area contributed by atoms with Crippen molar-refractivity contribution < 1.29 is 4.74 Å². The normalized spacial score (nSPS) is 19.7. The van der Waals surface area contributed by atoms with Crippen LogP contribution in [0.5, 0.6) is 5.75 Å². The quantitative estimate of drug-likeness (QED) is 0.661. The molecule has 0 amide bonds. The fraction of sp³-hybridized carbons (Fsp3) is 0.500. The molecule has 1 atom stereocenters. The Hall–Kier alpha value is -1.38. The lowest BCUT2D eigenvalue weighted by molar-refractivity contribution is 0.213. The van der Waals surface area contributed by atoms with E-state index >= 15 is 0 Å². The number of nitrogens with two attached hydrogens (primary N) is 1. The van der Waals surface area contributed by atoms with E-state index in [2.05, 4.69) is 18.9 Å². The Labute approximate surface area is 90.8 Å². The molecule has 0 radical (unpaired) electrons. The van der Waals surface area contributed by atoms with Gasteiger partial charge in [0.25, 0.3) is 0 Å². The van der Waals surface area contributed by atoms with E-state index in [-0.39, 0.29) is 6.10 Å². The molecule has 15 heavy (non-hydrogen) atoms. The van der Waals surface area contributed by atoms with Crippen LogP contribution < -0.4 is 15.4 Å². The number of benzene rings is 1. The number of fused-ring (bicyclic) bond motifs is 1. The summed E-state index contributed by atoms with van der Waals surface area (Å²) in [6.45, 7) is 7.09. The Morgan fingerprint density at radius 2 is 2.13 bits per heavy atom. The maximum Gasteiger partial charge on any atom is 0.146 e. The zero-order valence-electron chi connectivity index (χ0n) is 9.79. The molecule has 0 fully saturated rings. The molecule has 1 aliphatic heterocycles. The Morgan fingerprint density at radius 3 is 2.80 bits per heavy atom. The highest BCUT2D eigenvalue weighted by Gasteiger charge is 2.24. The van der Waals surface area contributed by atoms with Crippen LogP contribution in [0.4, 0.5) is 11.4 Å². The van der Waals surface area contributed by atoms with Gasteiger partial charge in [-0.05, 0) is 38.0 Å². The number of ether oxygens (including phenoxy) is 1. The summed E-state index contributed by atoms with van der Waals surface area (Å²) >= 11 is 0. The topological polar surface area (TPSA) is 38.5 Å². The van der Waals surface area contributed by atoms with Crippen molar-refractivity contribution in [1.82, 2.24) is 0 Å². The predicted molar refractivity (Wildman–Crippen MR) is 63.7 cm³/mol. The number of hydrogen-bond donors (Lipinski definition) is 1. The summed E-state index contributed by atoms with van der Waals surface area (Å²) in [5, 5.41) is 0. The van der Waals surface area contributed by atoms with Crippen molar-refractivity contribution in [2.45, 2.75) is 26.9 Å². The number of nitrogens with zero attached hydrogens (tertiary/aromatic N) is 1. The highest BCUT2D eigenvalue weighted by Crippen LogP contribution is 2.40. The summed E-state index contributed by atoms with van der Waals surface area (Å²) in [6, 6.07) is 1.99. The number of likely N-dealkylation sites (N-methyl/N-ethyl adjacent to an activating group) is 1. The van der Waals surface area contributed by atoms with Crippen LogP contribution in [-0.4, -0.2) is 19.7 Å². The second kappa shape index (κ2) is 3.33. The molecule has 2 rings (SSSR count). The lowest BCUT2D eigenvalue weighted by Crippen LogP contribution is -2.36. The van der Waals surface area contributed by atoms with Crippen molar-refractivity contribution >= 4 is 11.4 Å². The molecule has 82 valence electrons. The van der Waals surface area contributed by atoms with Gasteiger partial charge in [0.1, 0.15) is 11.9 Å². The monoisotopic (exact) mass is 206 g/mol. The average Bonchev–Trinajstić information content (AvgIpc) is 2.13. The highest BCUT2D eigenvalue weighted by molar-refractivity contribution is 5.74. The molecule has 0 bridgehead atoms. The van der Waals surface area contributed by atoms with Gasteiger partial charge >= 0.3 is 0 Å². The first-order valence-electron chi connectivity index (χ1n) is 5.28. The Balaban J connectivity index is 2.63. The lowest BCUT2D eigenvalue weighted by Gasteiger charge is -2.34. The van der Waals surface area contributed by atoms with Crippen LogP contribution >= 0.6 is 0 Å². The zero-order chi connectivity index (χ0) is 11.2. The molecule has 0 aromatic heterocycles. The Morgan fingerprint density at radius 1 is 1.47 bits per heavy atom. The number of anilines is 2. The number of hydrogen-bond acceptors (Lipinski definition) is 3. The molecule has 1 aromatic rings. The van der Waals surface area contributed by atoms with Crippen molar-refractivity contribution in [3.05, 3.63) is 17.2 Å². The standard InChI is InChI=1S/C12H18N2O/c1-7-5-10(13)9(3)11-12(7)15-8(2)6-14(11)4/h5,8H,6,13H2,1-4H3. The molecule has 1 aliphatic rings. The van der Waals surface area contributed by atoms with E-state index in [0.717, 1.165) is 34.8 Å². The average molecular weight is 206 g/mol. The van der Waals surface area contributed by atoms with Crippen LogP contribution in [0.15, 0.2) is 6.07 Å². The van der Waals surface area contributed by atoms with Crippen LogP contribution in [0.2, 0.25) is 0 Å². The van der Waals surface area contributed by atoms with Crippen LogP contribution in [0.1, 0.15) is 18.1 Å². The lowest BCUT2D eigenvalue weighted by atomic mass is 10.0. The molecule has 1 heterocycles. The summed E-state index contributed by atoms with van der Waals surface area (Å²) in [5.41, 5.74) is 10.2. The number of rotatable bonds is 0. The molecular formula is C12H18N2O. The largest absolute Gasteiger partial charge is 0.486 e. The second-order valence-corrected chi connectivity index (χ2v) is 4.39. The highest BCUT2D eigenvalue weighted by atomic mass is 16.5. The molecular weight excluding hydrogens is 188 g/mol. The number of aryl methyl sites for hydroxylation is 1. The van der Waals surface area contributed by atoms with E-state index in [1.165, 1.54) is 0 Å². The minimum atomic E-state index is 0.240. The van der Waals surface area contributed by atoms with Gasteiger partial charge in [-0.2, -0.15) is 0 Å². The third-order valence-corrected chi connectivity index (χ3v) is 2.97. The van der Waals surface area contributed by atoms with Gasteiger partial charge < -0.3 is 15.4 Å². The van der Waals surface area contributed by atoms with Gasteiger partial charge in [-0.1, -0.05) is 0 Å². The minimum Gasteiger partial charge on any atom is -0.486 e. The van der Waals surface area contributed by atoms with Crippen molar-refractivity contribution in [2.24, 2.45) is 0 Å². The van der Waals surface area contributed by atoms with Gasteiger partial charge in [-0.3, -0.25) is 0 Å². The van der Waals surface area contributed by atoms with Crippen molar-refractivity contribution in [3.63, 3.8) is 0 Å². The summed E-state index contributed by atoms with van der Waals surface area (Å²) in [5.74, 6) is 0.989. The van der Waals surface area contributed by atoms with E-state index < -0.39 is 0 Å². The van der Waals surface area contributed by atoms with Crippen LogP contribution in [0, 0.1) is 13.8 Å². The third kappa shape index (κ3) is 1.52. The fourth-order valence-electron chi connectivity index (χ4n) is 2.22. The summed E-state index contributed by atoms with van der Waals surface area (Å²) < 4.78 is 5.87. The third-order valence-electron chi connectivity index (χ3n) is 2.97. The van der Waals surface area contributed by atoms with Crippen molar-refractivity contribution in [2.75, 3.05) is 24.2 Å². The summed E-state index contributed by atoms with van der Waals surface area (Å²) in [7, 11) is 2.09. The predicted octanol–water partition coefficient (Wildman–Crippen LogP) is 2.10. The van der Waals surface area contributed by atoms with Crippen LogP contribution in [-0.2, 0) is 0 Å². The van der Waals surface area contributed by atoms with Crippen LogP contribution in [0.25, 0.3) is 0 Å².